The molecule has 7 heteroatoms. The predicted molar refractivity (Wildman–Crippen MR) is 107 cm³/mol. The van der Waals surface area contributed by atoms with Crippen LogP contribution in [0.1, 0.15) is 42.5 Å². The fourth-order valence-electron chi connectivity index (χ4n) is 2.61. The fourth-order valence-corrected chi connectivity index (χ4v) is 2.78. The minimum Gasteiger partial charge on any atom is -0.456 e. The van der Waals surface area contributed by atoms with Crippen molar-refractivity contribution in [1.82, 2.24) is 9.71 Å². The van der Waals surface area contributed by atoms with Crippen molar-refractivity contribution in [3.05, 3.63) is 75.8 Å². The Hall–Kier alpha value is -2.86. The second-order valence-corrected chi connectivity index (χ2v) is 7.52. The van der Waals surface area contributed by atoms with E-state index in [4.69, 9.17) is 21.2 Å². The molecule has 146 valence electrons. The van der Waals surface area contributed by atoms with Crippen LogP contribution in [0.5, 0.6) is 0 Å². The molecule has 1 heterocycles. The number of hydrogen-bond acceptors (Lipinski definition) is 5. The Kier molecular flexibility index (Phi) is 5.70. The highest BCUT2D eigenvalue weighted by atomic mass is 35.5. The number of ether oxygens (including phenoxy) is 1. The molecular weight excluding hydrogens is 380 g/mol. The van der Waals surface area contributed by atoms with E-state index in [2.05, 4.69) is 4.98 Å². The van der Waals surface area contributed by atoms with Crippen molar-refractivity contribution in [1.29, 1.82) is 0 Å². The number of alkyl halides is 1. The Bertz CT molecular complexity index is 1060. The molecule has 3 aromatic rings. The third kappa shape index (κ3) is 4.51. The second-order valence-electron chi connectivity index (χ2n) is 7.25. The monoisotopic (exact) mass is 400 g/mol. The molecule has 0 saturated heterocycles. The van der Waals surface area contributed by atoms with Crippen molar-refractivity contribution in [2.24, 2.45) is 0 Å². The summed E-state index contributed by atoms with van der Waals surface area (Å²) in [5, 5.41) is 0.328. The second kappa shape index (κ2) is 8.02. The molecule has 28 heavy (non-hydrogen) atoms. The van der Waals surface area contributed by atoms with E-state index >= 15 is 0 Å². The van der Waals surface area contributed by atoms with Gasteiger partial charge in [-0.25, -0.2) is 9.78 Å². The molecule has 0 amide bonds. The van der Waals surface area contributed by atoms with Crippen LogP contribution in [0, 0.1) is 0 Å². The van der Waals surface area contributed by atoms with Crippen molar-refractivity contribution < 1.29 is 14.4 Å². The number of aromatic nitrogens is 2. The van der Waals surface area contributed by atoms with Gasteiger partial charge < -0.3 is 9.57 Å². The number of carbonyl (C=O) groups excluding carboxylic acids is 1. The highest BCUT2D eigenvalue weighted by molar-refractivity contribution is 6.16. The standard InChI is InChI=1S/C21H21ClN2O4/c1-21(2,3)28-20(26)15-9-10-16-17(11-15)23-18(12-22)24(19(16)25)27-13-14-7-5-4-6-8-14/h4-11H,12-13H2,1-3H3. The fraction of sp³-hybridized carbons (Fsp3) is 0.286. The first-order valence-corrected chi connectivity index (χ1v) is 9.34. The van der Waals surface area contributed by atoms with E-state index in [1.165, 1.54) is 6.07 Å². The smallest absolute Gasteiger partial charge is 0.338 e. The lowest BCUT2D eigenvalue weighted by atomic mass is 10.1. The first-order valence-electron chi connectivity index (χ1n) is 8.81. The summed E-state index contributed by atoms with van der Waals surface area (Å²) in [6, 6.07) is 14.1. The zero-order valence-electron chi connectivity index (χ0n) is 15.9. The number of fused-ring (bicyclic) bond motifs is 1. The largest absolute Gasteiger partial charge is 0.456 e. The van der Waals surface area contributed by atoms with E-state index in [1.54, 1.807) is 32.9 Å². The Morgan fingerprint density at radius 2 is 1.86 bits per heavy atom. The van der Waals surface area contributed by atoms with Gasteiger partial charge in [0.1, 0.15) is 12.2 Å². The third-order valence-corrected chi connectivity index (χ3v) is 4.09. The van der Waals surface area contributed by atoms with Gasteiger partial charge in [-0.15, -0.1) is 16.3 Å². The molecule has 3 rings (SSSR count). The number of carbonyl (C=O) groups is 1. The average molecular weight is 401 g/mol. The van der Waals surface area contributed by atoms with E-state index in [1.807, 2.05) is 30.3 Å². The Morgan fingerprint density at radius 3 is 2.50 bits per heavy atom. The van der Waals surface area contributed by atoms with Crippen LogP contribution >= 0.6 is 11.6 Å². The number of hydrogen-bond donors (Lipinski definition) is 0. The maximum atomic E-state index is 12.9. The molecule has 1 aromatic heterocycles. The molecule has 0 aliphatic heterocycles. The van der Waals surface area contributed by atoms with Gasteiger partial charge in [0.2, 0.25) is 0 Å². The molecular formula is C21H21ClN2O4. The lowest BCUT2D eigenvalue weighted by molar-refractivity contribution is 0.00697. The van der Waals surface area contributed by atoms with Crippen LogP contribution in [-0.2, 0) is 17.2 Å². The Morgan fingerprint density at radius 1 is 1.14 bits per heavy atom. The zero-order chi connectivity index (χ0) is 20.3. The van der Waals surface area contributed by atoms with Crippen molar-refractivity contribution in [2.45, 2.75) is 38.9 Å². The van der Waals surface area contributed by atoms with Crippen LogP contribution in [0.15, 0.2) is 53.3 Å². The van der Waals surface area contributed by atoms with Crippen LogP contribution in [0.4, 0.5) is 0 Å². The van der Waals surface area contributed by atoms with E-state index in [9.17, 15) is 9.59 Å². The summed E-state index contributed by atoms with van der Waals surface area (Å²) in [6.45, 7) is 5.57. The van der Waals surface area contributed by atoms with Gasteiger partial charge in [0.25, 0.3) is 5.56 Å². The number of nitrogens with zero attached hydrogens (tertiary/aromatic N) is 2. The number of rotatable bonds is 5. The van der Waals surface area contributed by atoms with Crippen LogP contribution in [-0.4, -0.2) is 21.3 Å². The normalized spacial score (nSPS) is 11.4. The van der Waals surface area contributed by atoms with Gasteiger partial charge in [-0.1, -0.05) is 30.3 Å². The lowest BCUT2D eigenvalue weighted by Crippen LogP contribution is -2.31. The molecule has 0 unspecified atom stereocenters. The van der Waals surface area contributed by atoms with Crippen molar-refractivity contribution in [3.8, 4) is 0 Å². The van der Waals surface area contributed by atoms with Crippen molar-refractivity contribution >= 4 is 28.5 Å². The Balaban J connectivity index is 1.96. The van der Waals surface area contributed by atoms with E-state index in [0.717, 1.165) is 10.3 Å². The van der Waals surface area contributed by atoms with Crippen molar-refractivity contribution in [2.75, 3.05) is 0 Å². The minimum absolute atomic E-state index is 0.0172. The van der Waals surface area contributed by atoms with Crippen molar-refractivity contribution in [3.63, 3.8) is 0 Å². The summed E-state index contributed by atoms with van der Waals surface area (Å²) in [5.41, 5.74) is 0.596. The summed E-state index contributed by atoms with van der Waals surface area (Å²) in [6.07, 6.45) is 0. The third-order valence-electron chi connectivity index (χ3n) is 3.85. The maximum absolute atomic E-state index is 12.9. The topological polar surface area (TPSA) is 70.4 Å². The summed E-state index contributed by atoms with van der Waals surface area (Å²) in [5.74, 6) is -0.235. The molecule has 6 nitrogen and oxygen atoms in total. The molecule has 0 N–H and O–H groups in total. The molecule has 0 saturated carbocycles. The molecule has 0 atom stereocenters. The van der Waals surface area contributed by atoms with Gasteiger partial charge in [0.15, 0.2) is 5.82 Å². The predicted octanol–water partition coefficient (Wildman–Crippen LogP) is 3.72. The Labute approximate surface area is 167 Å². The van der Waals surface area contributed by atoms with Crippen LogP contribution in [0.25, 0.3) is 10.9 Å². The SMILES string of the molecule is CC(C)(C)OC(=O)c1ccc2c(=O)n(OCc3ccccc3)c(CCl)nc2c1. The van der Waals surface area contributed by atoms with Crippen LogP contribution in [0.3, 0.4) is 0 Å². The summed E-state index contributed by atoms with van der Waals surface area (Å²) >= 11 is 5.98. The van der Waals surface area contributed by atoms with Gasteiger partial charge >= 0.3 is 5.97 Å². The number of halogens is 1. The van der Waals surface area contributed by atoms with E-state index in [-0.39, 0.29) is 23.9 Å². The number of benzene rings is 2. The van der Waals surface area contributed by atoms with E-state index < -0.39 is 11.6 Å². The minimum atomic E-state index is -0.616. The van der Waals surface area contributed by atoms with Gasteiger partial charge in [-0.2, -0.15) is 0 Å². The number of esters is 1. The summed E-state index contributed by atoms with van der Waals surface area (Å²) in [7, 11) is 0. The van der Waals surface area contributed by atoms with Gasteiger partial charge in [0.05, 0.1) is 22.3 Å². The molecule has 0 spiro atoms. The summed E-state index contributed by atoms with van der Waals surface area (Å²) in [4.78, 5) is 35.2. The van der Waals surface area contributed by atoms with Gasteiger partial charge in [-0.3, -0.25) is 4.79 Å². The molecule has 0 aliphatic carbocycles. The molecule has 0 aliphatic rings. The molecule has 0 bridgehead atoms. The first-order chi connectivity index (χ1) is 13.3. The average Bonchev–Trinajstić information content (AvgIpc) is 2.66. The summed E-state index contributed by atoms with van der Waals surface area (Å²) < 4.78 is 6.48. The lowest BCUT2D eigenvalue weighted by Gasteiger charge is -2.19. The quantitative estimate of drug-likeness (QED) is 0.482. The molecule has 0 radical (unpaired) electrons. The zero-order valence-corrected chi connectivity index (χ0v) is 16.7. The van der Waals surface area contributed by atoms with Gasteiger partial charge in [0, 0.05) is 0 Å². The molecule has 2 aromatic carbocycles. The first kappa shape index (κ1) is 19.9. The van der Waals surface area contributed by atoms with Gasteiger partial charge in [-0.05, 0) is 44.5 Å². The van der Waals surface area contributed by atoms with Crippen LogP contribution in [0.2, 0.25) is 0 Å². The maximum Gasteiger partial charge on any atom is 0.338 e. The highest BCUT2D eigenvalue weighted by Gasteiger charge is 2.19. The van der Waals surface area contributed by atoms with Crippen LogP contribution < -0.4 is 10.4 Å². The molecule has 0 fully saturated rings. The van der Waals surface area contributed by atoms with E-state index in [0.29, 0.717) is 16.5 Å². The highest BCUT2D eigenvalue weighted by Crippen LogP contribution is 2.16.